The Labute approximate surface area is 111 Å². The zero-order valence-corrected chi connectivity index (χ0v) is 10.6. The number of amides is 2. The molecule has 5 nitrogen and oxygen atoms in total. The van der Waals surface area contributed by atoms with Crippen LogP contribution >= 0.6 is 0 Å². The molecule has 0 aliphatic carbocycles. The van der Waals surface area contributed by atoms with Crippen LogP contribution in [-0.4, -0.2) is 42.1 Å². The van der Waals surface area contributed by atoms with Crippen LogP contribution in [0.15, 0.2) is 36.4 Å². The highest BCUT2D eigenvalue weighted by Gasteiger charge is 2.19. The predicted octanol–water partition coefficient (Wildman–Crippen LogP) is 1.44. The Kier molecular flexibility index (Phi) is 2.95. The number of hydrogen-bond acceptors (Lipinski definition) is 3. The van der Waals surface area contributed by atoms with Crippen molar-refractivity contribution in [2.24, 2.45) is 5.73 Å². The van der Waals surface area contributed by atoms with E-state index in [-0.39, 0.29) is 6.03 Å². The van der Waals surface area contributed by atoms with Crippen LogP contribution in [0.3, 0.4) is 0 Å². The van der Waals surface area contributed by atoms with Crippen LogP contribution in [-0.2, 0) is 0 Å². The molecule has 1 aliphatic heterocycles. The largest absolute Gasteiger partial charge is 0.353 e. The summed E-state index contributed by atoms with van der Waals surface area (Å²) in [6.07, 6.45) is 0. The van der Waals surface area contributed by atoms with E-state index in [9.17, 15) is 4.79 Å². The minimum absolute atomic E-state index is 0.342. The monoisotopic (exact) mass is 256 g/mol. The third-order valence-electron chi connectivity index (χ3n) is 3.50. The Balaban J connectivity index is 1.80. The maximum Gasteiger partial charge on any atom is 0.314 e. The first-order valence-electron chi connectivity index (χ1n) is 6.39. The minimum atomic E-state index is -0.342. The fourth-order valence-corrected chi connectivity index (χ4v) is 2.39. The molecule has 0 saturated carbocycles. The number of aromatic nitrogens is 1. The highest BCUT2D eigenvalue weighted by molar-refractivity contribution is 5.80. The van der Waals surface area contributed by atoms with Gasteiger partial charge >= 0.3 is 6.03 Å². The number of carbonyl (C=O) groups is 1. The number of hydrogen-bond donors (Lipinski definition) is 1. The van der Waals surface area contributed by atoms with E-state index in [1.165, 1.54) is 0 Å². The first kappa shape index (κ1) is 11.8. The van der Waals surface area contributed by atoms with Crippen LogP contribution in [0.5, 0.6) is 0 Å². The van der Waals surface area contributed by atoms with E-state index in [0.29, 0.717) is 13.1 Å². The lowest BCUT2D eigenvalue weighted by molar-refractivity contribution is 0.204. The number of primary amides is 1. The molecule has 2 aromatic rings. The number of fused-ring (bicyclic) bond motifs is 1. The van der Waals surface area contributed by atoms with Gasteiger partial charge in [0.15, 0.2) is 0 Å². The van der Waals surface area contributed by atoms with Gasteiger partial charge in [0.05, 0.1) is 5.52 Å². The number of para-hydroxylation sites is 1. The molecule has 1 aromatic heterocycles. The fraction of sp³-hybridized carbons (Fsp3) is 0.286. The number of piperazine rings is 1. The first-order valence-corrected chi connectivity index (χ1v) is 6.39. The Morgan fingerprint density at radius 2 is 1.79 bits per heavy atom. The van der Waals surface area contributed by atoms with E-state index >= 15 is 0 Å². The molecule has 2 amide bonds. The second kappa shape index (κ2) is 4.76. The summed E-state index contributed by atoms with van der Waals surface area (Å²) in [6, 6.07) is 11.8. The van der Waals surface area contributed by atoms with Crippen LogP contribution < -0.4 is 10.6 Å². The quantitative estimate of drug-likeness (QED) is 0.839. The normalized spacial score (nSPS) is 15.8. The van der Waals surface area contributed by atoms with Crippen molar-refractivity contribution in [2.75, 3.05) is 31.1 Å². The molecule has 2 N–H and O–H groups in total. The van der Waals surface area contributed by atoms with E-state index in [1.807, 2.05) is 24.3 Å². The summed E-state index contributed by atoms with van der Waals surface area (Å²) in [5.74, 6) is 0.961. The lowest BCUT2D eigenvalue weighted by atomic mass is 10.2. The summed E-state index contributed by atoms with van der Waals surface area (Å²) in [6.45, 7) is 2.86. The summed E-state index contributed by atoms with van der Waals surface area (Å²) in [5.41, 5.74) is 6.28. The van der Waals surface area contributed by atoms with E-state index in [0.717, 1.165) is 29.8 Å². The highest BCUT2D eigenvalue weighted by Crippen LogP contribution is 2.19. The van der Waals surface area contributed by atoms with Gasteiger partial charge in [0.1, 0.15) is 5.82 Å². The van der Waals surface area contributed by atoms with Gasteiger partial charge in [0.2, 0.25) is 0 Å². The lowest BCUT2D eigenvalue weighted by Gasteiger charge is -2.34. The molecule has 1 aliphatic rings. The van der Waals surface area contributed by atoms with Crippen molar-refractivity contribution in [2.45, 2.75) is 0 Å². The third kappa shape index (κ3) is 2.31. The minimum Gasteiger partial charge on any atom is -0.353 e. The number of carbonyl (C=O) groups excluding carboxylic acids is 1. The standard InChI is InChI=1S/C14H16N4O/c15-14(19)18-9-7-17(8-10-18)13-6-5-11-3-1-2-4-12(11)16-13/h1-6H,7-10H2,(H2,15,19). The molecular weight excluding hydrogens is 240 g/mol. The van der Waals surface area contributed by atoms with Crippen LogP contribution in [0, 0.1) is 0 Å². The van der Waals surface area contributed by atoms with Gasteiger partial charge in [-0.25, -0.2) is 9.78 Å². The van der Waals surface area contributed by atoms with Crippen molar-refractivity contribution in [1.29, 1.82) is 0 Å². The van der Waals surface area contributed by atoms with Crippen LogP contribution in [0.4, 0.5) is 10.6 Å². The zero-order chi connectivity index (χ0) is 13.2. The molecule has 1 saturated heterocycles. The van der Waals surface area contributed by atoms with Gasteiger partial charge < -0.3 is 15.5 Å². The molecule has 0 atom stereocenters. The SMILES string of the molecule is NC(=O)N1CCN(c2ccc3ccccc3n2)CC1. The van der Waals surface area contributed by atoms with Crippen molar-refractivity contribution in [3.63, 3.8) is 0 Å². The molecule has 3 rings (SSSR count). The van der Waals surface area contributed by atoms with Crippen molar-refractivity contribution in [3.8, 4) is 0 Å². The first-order chi connectivity index (χ1) is 9.24. The van der Waals surface area contributed by atoms with Gasteiger partial charge in [0, 0.05) is 31.6 Å². The summed E-state index contributed by atoms with van der Waals surface area (Å²) in [4.78, 5) is 19.6. The van der Waals surface area contributed by atoms with E-state index in [1.54, 1.807) is 4.90 Å². The number of rotatable bonds is 1. The summed E-state index contributed by atoms with van der Waals surface area (Å²) in [7, 11) is 0. The van der Waals surface area contributed by atoms with E-state index in [2.05, 4.69) is 22.0 Å². The molecule has 1 fully saturated rings. The average molecular weight is 256 g/mol. The molecule has 0 radical (unpaired) electrons. The van der Waals surface area contributed by atoms with Gasteiger partial charge in [-0.05, 0) is 18.2 Å². The topological polar surface area (TPSA) is 62.5 Å². The van der Waals surface area contributed by atoms with Gasteiger partial charge in [0.25, 0.3) is 0 Å². The Hall–Kier alpha value is -2.30. The molecule has 1 aromatic carbocycles. The number of benzene rings is 1. The van der Waals surface area contributed by atoms with E-state index in [4.69, 9.17) is 5.73 Å². The summed E-state index contributed by atoms with van der Waals surface area (Å²) in [5, 5.41) is 1.14. The van der Waals surface area contributed by atoms with Crippen molar-refractivity contribution < 1.29 is 4.79 Å². The maximum absolute atomic E-state index is 11.1. The maximum atomic E-state index is 11.1. The smallest absolute Gasteiger partial charge is 0.314 e. The van der Waals surface area contributed by atoms with E-state index < -0.39 is 0 Å². The number of nitrogens with zero attached hydrogens (tertiary/aromatic N) is 3. The molecule has 0 spiro atoms. The molecule has 19 heavy (non-hydrogen) atoms. The third-order valence-corrected chi connectivity index (χ3v) is 3.50. The van der Waals surface area contributed by atoms with Crippen LogP contribution in [0.2, 0.25) is 0 Å². The Morgan fingerprint density at radius 1 is 1.05 bits per heavy atom. The molecule has 0 bridgehead atoms. The second-order valence-corrected chi connectivity index (χ2v) is 4.67. The van der Waals surface area contributed by atoms with Gasteiger partial charge in [-0.15, -0.1) is 0 Å². The molecule has 0 unspecified atom stereocenters. The average Bonchev–Trinajstić information content (AvgIpc) is 2.47. The van der Waals surface area contributed by atoms with Crippen molar-refractivity contribution in [3.05, 3.63) is 36.4 Å². The zero-order valence-electron chi connectivity index (χ0n) is 10.6. The number of pyridine rings is 1. The highest BCUT2D eigenvalue weighted by atomic mass is 16.2. The molecule has 98 valence electrons. The van der Waals surface area contributed by atoms with Gasteiger partial charge in [-0.3, -0.25) is 0 Å². The second-order valence-electron chi connectivity index (χ2n) is 4.67. The lowest BCUT2D eigenvalue weighted by Crippen LogP contribution is -2.50. The molecular formula is C14H16N4O. The fourth-order valence-electron chi connectivity index (χ4n) is 2.39. The van der Waals surface area contributed by atoms with Crippen molar-refractivity contribution >= 4 is 22.8 Å². The predicted molar refractivity (Wildman–Crippen MR) is 75.1 cm³/mol. The van der Waals surface area contributed by atoms with Crippen LogP contribution in [0.1, 0.15) is 0 Å². The number of nitrogens with two attached hydrogens (primary N) is 1. The van der Waals surface area contributed by atoms with Crippen molar-refractivity contribution in [1.82, 2.24) is 9.88 Å². The van der Waals surface area contributed by atoms with Crippen LogP contribution in [0.25, 0.3) is 10.9 Å². The number of anilines is 1. The van der Waals surface area contributed by atoms with Gasteiger partial charge in [-0.2, -0.15) is 0 Å². The van der Waals surface area contributed by atoms with Gasteiger partial charge in [-0.1, -0.05) is 18.2 Å². The number of urea groups is 1. The summed E-state index contributed by atoms with van der Waals surface area (Å²) >= 11 is 0. The molecule has 2 heterocycles. The Morgan fingerprint density at radius 3 is 2.53 bits per heavy atom. The molecule has 5 heteroatoms. The Bertz CT molecular complexity index is 605. The summed E-state index contributed by atoms with van der Waals surface area (Å²) < 4.78 is 0.